The molecule has 10 rings (SSSR count). The van der Waals surface area contributed by atoms with E-state index in [1.807, 2.05) is 0 Å². The number of hydrogen-bond acceptors (Lipinski definition) is 3. The van der Waals surface area contributed by atoms with Gasteiger partial charge in [0.25, 0.3) is 0 Å². The second-order valence-electron chi connectivity index (χ2n) is 14.0. The largest absolute Gasteiger partial charge is 0.494 e. The van der Waals surface area contributed by atoms with Crippen LogP contribution >= 0.6 is 0 Å². The number of benzene rings is 3. The molecule has 1 aromatic heterocycles. The summed E-state index contributed by atoms with van der Waals surface area (Å²) in [6.07, 6.45) is 6.95. The highest BCUT2D eigenvalue weighted by atomic mass is 16.7. The van der Waals surface area contributed by atoms with Crippen molar-refractivity contribution in [2.75, 3.05) is 0 Å². The summed E-state index contributed by atoms with van der Waals surface area (Å²) < 4.78 is 19.5. The van der Waals surface area contributed by atoms with Crippen molar-refractivity contribution in [2.45, 2.75) is 76.4 Å². The summed E-state index contributed by atoms with van der Waals surface area (Å²) in [4.78, 5) is 0. The highest BCUT2D eigenvalue weighted by molar-refractivity contribution is 6.62. The number of hydrogen-bond donors (Lipinski definition) is 0. The van der Waals surface area contributed by atoms with Gasteiger partial charge in [0.2, 0.25) is 0 Å². The van der Waals surface area contributed by atoms with Crippen LogP contribution in [-0.2, 0) is 14.7 Å². The maximum absolute atomic E-state index is 6.51. The van der Waals surface area contributed by atoms with Crippen molar-refractivity contribution in [1.29, 1.82) is 0 Å². The highest BCUT2D eigenvalue weighted by Crippen LogP contribution is 2.70. The number of furan rings is 1. The first-order valence-electron chi connectivity index (χ1n) is 14.7. The molecule has 4 heteroatoms. The maximum Gasteiger partial charge on any atom is 0.494 e. The van der Waals surface area contributed by atoms with Crippen LogP contribution in [0.3, 0.4) is 0 Å². The zero-order chi connectivity index (χ0) is 25.6. The van der Waals surface area contributed by atoms with E-state index in [0.29, 0.717) is 11.8 Å². The quantitative estimate of drug-likeness (QED) is 0.251. The first-order chi connectivity index (χ1) is 18.3. The van der Waals surface area contributed by atoms with Crippen LogP contribution in [0, 0.1) is 23.7 Å². The van der Waals surface area contributed by atoms with Crippen LogP contribution in [0.5, 0.6) is 0 Å². The number of fused-ring (bicyclic) bond motifs is 7. The Morgan fingerprint density at radius 3 is 2.11 bits per heavy atom. The first kappa shape index (κ1) is 22.3. The van der Waals surface area contributed by atoms with E-state index in [0.717, 1.165) is 28.5 Å². The lowest BCUT2D eigenvalue weighted by molar-refractivity contribution is -0.0393. The third-order valence-corrected chi connectivity index (χ3v) is 11.7. The molecule has 6 aliphatic rings. The van der Waals surface area contributed by atoms with Crippen molar-refractivity contribution in [3.8, 4) is 11.1 Å². The molecule has 5 aliphatic carbocycles. The summed E-state index contributed by atoms with van der Waals surface area (Å²) in [5.74, 6) is 3.25. The van der Waals surface area contributed by atoms with E-state index >= 15 is 0 Å². The number of para-hydroxylation sites is 1. The molecule has 4 aromatic rings. The van der Waals surface area contributed by atoms with Gasteiger partial charge in [-0.15, -0.1) is 0 Å². The van der Waals surface area contributed by atoms with Crippen LogP contribution in [0.15, 0.2) is 59.0 Å². The molecule has 0 N–H and O–H groups in total. The van der Waals surface area contributed by atoms with E-state index in [1.165, 1.54) is 54.0 Å². The highest BCUT2D eigenvalue weighted by Gasteiger charge is 2.62. The van der Waals surface area contributed by atoms with Crippen LogP contribution in [0.2, 0.25) is 0 Å². The van der Waals surface area contributed by atoms with Gasteiger partial charge in [-0.25, -0.2) is 0 Å². The summed E-state index contributed by atoms with van der Waals surface area (Å²) >= 11 is 0. The zero-order valence-electron chi connectivity index (χ0n) is 22.8. The molecule has 0 amide bonds. The Hall–Kier alpha value is -2.56. The SMILES string of the molecule is CC1(C)OB(c2ccc3c(c2)-c2ccc4oc5ccccc5c4c2C32C3CC4CC(C3)CC2C4)OC1(C)C. The first-order valence-corrected chi connectivity index (χ1v) is 14.7. The van der Waals surface area contributed by atoms with Crippen molar-refractivity contribution < 1.29 is 13.7 Å². The van der Waals surface area contributed by atoms with E-state index in [-0.39, 0.29) is 23.7 Å². The van der Waals surface area contributed by atoms with Gasteiger partial charge in [0.1, 0.15) is 11.2 Å². The van der Waals surface area contributed by atoms with Crippen LogP contribution in [0.4, 0.5) is 0 Å². The van der Waals surface area contributed by atoms with Crippen molar-refractivity contribution >= 4 is 34.5 Å². The Bertz CT molecular complexity index is 1620. The second-order valence-corrected chi connectivity index (χ2v) is 14.0. The normalized spacial score (nSPS) is 33.5. The van der Waals surface area contributed by atoms with E-state index < -0.39 is 0 Å². The number of rotatable bonds is 1. The zero-order valence-corrected chi connectivity index (χ0v) is 22.8. The molecule has 2 heterocycles. The molecule has 4 saturated carbocycles. The topological polar surface area (TPSA) is 31.6 Å². The van der Waals surface area contributed by atoms with Crippen molar-refractivity contribution in [1.82, 2.24) is 0 Å². The van der Waals surface area contributed by atoms with Gasteiger partial charge in [0.15, 0.2) is 0 Å². The fraction of sp³-hybridized carbons (Fsp3) is 0.471. The van der Waals surface area contributed by atoms with Crippen molar-refractivity contribution in [2.24, 2.45) is 23.7 Å². The lowest BCUT2D eigenvalue weighted by Gasteiger charge is -2.61. The predicted octanol–water partition coefficient (Wildman–Crippen LogP) is 7.61. The van der Waals surface area contributed by atoms with E-state index in [4.69, 9.17) is 13.7 Å². The monoisotopic (exact) mass is 502 g/mol. The molecule has 38 heavy (non-hydrogen) atoms. The minimum Gasteiger partial charge on any atom is -0.456 e. The molecule has 0 unspecified atom stereocenters. The molecular weight excluding hydrogens is 467 g/mol. The van der Waals surface area contributed by atoms with Gasteiger partial charge in [0.05, 0.1) is 11.2 Å². The molecule has 1 aliphatic heterocycles. The summed E-state index contributed by atoms with van der Waals surface area (Å²) in [6.45, 7) is 8.56. The third-order valence-electron chi connectivity index (χ3n) is 11.7. The Balaban J connectivity index is 1.32. The van der Waals surface area contributed by atoms with Crippen LogP contribution in [0.1, 0.15) is 70.9 Å². The van der Waals surface area contributed by atoms with E-state index in [1.54, 1.807) is 11.1 Å². The van der Waals surface area contributed by atoms with Gasteiger partial charge < -0.3 is 13.7 Å². The Morgan fingerprint density at radius 1 is 0.711 bits per heavy atom. The Kier molecular flexibility index (Phi) is 4.08. The predicted molar refractivity (Wildman–Crippen MR) is 153 cm³/mol. The minimum atomic E-state index is -0.348. The van der Waals surface area contributed by atoms with E-state index in [2.05, 4.69) is 82.3 Å². The van der Waals surface area contributed by atoms with Gasteiger partial charge in [-0.2, -0.15) is 0 Å². The molecule has 1 saturated heterocycles. The Labute approximate surface area is 225 Å². The fourth-order valence-corrected chi connectivity index (χ4v) is 9.65. The standard InChI is InChI=1S/C34H35BO3/c1-32(2)33(3,4)38-35(37-32)23-9-11-27-26(18-23)24-10-12-29-30(25-7-5-6-8-28(25)36-29)31(24)34(27)21-14-19-13-20(16-21)17-22(34)15-19/h5-12,18-22H,13-17H2,1-4H3. The van der Waals surface area contributed by atoms with Gasteiger partial charge in [-0.3, -0.25) is 0 Å². The molecule has 3 nitrogen and oxygen atoms in total. The lowest BCUT2D eigenvalue weighted by atomic mass is 9.43. The molecular formula is C34H35BO3. The van der Waals surface area contributed by atoms with Crippen molar-refractivity contribution in [3.05, 3.63) is 65.7 Å². The van der Waals surface area contributed by atoms with Gasteiger partial charge >= 0.3 is 7.12 Å². The average Bonchev–Trinajstić information content (AvgIpc) is 3.47. The lowest BCUT2D eigenvalue weighted by Crippen LogP contribution is -2.55. The van der Waals surface area contributed by atoms with Crippen LogP contribution in [-0.4, -0.2) is 18.3 Å². The molecule has 1 spiro atoms. The molecule has 3 aromatic carbocycles. The van der Waals surface area contributed by atoms with Gasteiger partial charge in [-0.1, -0.05) is 42.5 Å². The average molecular weight is 502 g/mol. The molecule has 0 atom stereocenters. The van der Waals surface area contributed by atoms with Gasteiger partial charge in [0, 0.05) is 16.2 Å². The Morgan fingerprint density at radius 2 is 1.39 bits per heavy atom. The minimum absolute atomic E-state index is 0.0820. The molecule has 0 radical (unpaired) electrons. The smallest absolute Gasteiger partial charge is 0.456 e. The van der Waals surface area contributed by atoms with Gasteiger partial charge in [-0.05, 0) is 123 Å². The summed E-state index contributed by atoms with van der Waals surface area (Å²) in [5, 5.41) is 2.63. The molecule has 5 fully saturated rings. The summed E-state index contributed by atoms with van der Waals surface area (Å²) in [5.41, 5.74) is 8.48. The van der Waals surface area contributed by atoms with Crippen LogP contribution < -0.4 is 5.46 Å². The second kappa shape index (κ2) is 6.95. The summed E-state index contributed by atoms with van der Waals surface area (Å²) in [7, 11) is -0.345. The maximum atomic E-state index is 6.51. The van der Waals surface area contributed by atoms with E-state index in [9.17, 15) is 0 Å². The molecule has 4 bridgehead atoms. The third kappa shape index (κ3) is 2.55. The molecule has 192 valence electrons. The summed E-state index contributed by atoms with van der Waals surface area (Å²) in [6, 6.07) is 20.4. The van der Waals surface area contributed by atoms with Crippen LogP contribution in [0.25, 0.3) is 33.1 Å². The van der Waals surface area contributed by atoms with Crippen molar-refractivity contribution in [3.63, 3.8) is 0 Å². The fourth-order valence-electron chi connectivity index (χ4n) is 9.65.